The standard InChI is InChI=1S/C20H18ClF6N3O4S/c1-35(32,33)13-2-3-16(34-11-19(22,23)24)14(9-13)18(31)30-6-4-29(5-7-30)17-15(21)8-12(10-28-17)20(25,26)27/h2-3,8-10H,4-7,11H2,1H3. The van der Waals surface area contributed by atoms with Crippen LogP contribution in [0.5, 0.6) is 5.75 Å². The van der Waals surface area contributed by atoms with E-state index in [0.717, 1.165) is 30.5 Å². The third-order valence-electron chi connectivity index (χ3n) is 5.02. The van der Waals surface area contributed by atoms with Gasteiger partial charge in [-0.25, -0.2) is 13.4 Å². The minimum atomic E-state index is -4.69. The van der Waals surface area contributed by atoms with Crippen LogP contribution >= 0.6 is 11.6 Å². The Kier molecular flexibility index (Phi) is 7.46. The lowest BCUT2D eigenvalue weighted by atomic mass is 10.1. The number of hydrogen-bond donors (Lipinski definition) is 0. The number of piperazine rings is 1. The molecule has 1 amide bonds. The molecular weight excluding hydrogens is 528 g/mol. The number of sulfone groups is 1. The molecule has 1 aliphatic rings. The van der Waals surface area contributed by atoms with Gasteiger partial charge in [-0.2, -0.15) is 26.3 Å². The van der Waals surface area contributed by atoms with Crippen LogP contribution in [0.2, 0.25) is 5.02 Å². The van der Waals surface area contributed by atoms with Crippen LogP contribution in [0.4, 0.5) is 32.2 Å². The Balaban J connectivity index is 1.79. The van der Waals surface area contributed by atoms with Gasteiger partial charge in [-0.15, -0.1) is 0 Å². The molecule has 15 heteroatoms. The van der Waals surface area contributed by atoms with Gasteiger partial charge in [0.05, 0.1) is 21.0 Å². The molecular formula is C20H18ClF6N3O4S. The number of hydrogen-bond acceptors (Lipinski definition) is 6. The molecule has 1 saturated heterocycles. The molecule has 0 unspecified atom stereocenters. The van der Waals surface area contributed by atoms with E-state index < -0.39 is 46.0 Å². The molecule has 192 valence electrons. The number of alkyl halides is 6. The predicted octanol–water partition coefficient (Wildman–Crippen LogP) is 4.06. The summed E-state index contributed by atoms with van der Waals surface area (Å²) in [5.41, 5.74) is -1.38. The SMILES string of the molecule is CS(=O)(=O)c1ccc(OCC(F)(F)F)c(C(=O)N2CCN(c3ncc(C(F)(F)F)cc3Cl)CC2)c1. The van der Waals surface area contributed by atoms with E-state index >= 15 is 0 Å². The fraction of sp³-hybridized carbons (Fsp3) is 0.400. The van der Waals surface area contributed by atoms with Gasteiger partial charge >= 0.3 is 12.4 Å². The number of halogens is 7. The molecule has 2 heterocycles. The summed E-state index contributed by atoms with van der Waals surface area (Å²) in [5.74, 6) is -1.12. The summed E-state index contributed by atoms with van der Waals surface area (Å²) in [6.45, 7) is -1.45. The van der Waals surface area contributed by atoms with Crippen molar-refractivity contribution in [2.75, 3.05) is 43.9 Å². The lowest BCUT2D eigenvalue weighted by Gasteiger charge is -2.36. The summed E-state index contributed by atoms with van der Waals surface area (Å²) < 4.78 is 105. The van der Waals surface area contributed by atoms with Gasteiger partial charge in [0.1, 0.15) is 11.6 Å². The van der Waals surface area contributed by atoms with Gasteiger partial charge in [0.25, 0.3) is 5.91 Å². The molecule has 7 nitrogen and oxygen atoms in total. The highest BCUT2D eigenvalue weighted by Crippen LogP contribution is 2.34. The number of amides is 1. The molecule has 0 radical (unpaired) electrons. The van der Waals surface area contributed by atoms with Crippen LogP contribution in [0, 0.1) is 0 Å². The summed E-state index contributed by atoms with van der Waals surface area (Å²) >= 11 is 5.97. The first-order valence-corrected chi connectivity index (χ1v) is 12.1. The van der Waals surface area contributed by atoms with Crippen molar-refractivity contribution in [3.05, 3.63) is 46.6 Å². The van der Waals surface area contributed by atoms with Crippen molar-refractivity contribution in [3.8, 4) is 5.75 Å². The number of nitrogens with zero attached hydrogens (tertiary/aromatic N) is 3. The van der Waals surface area contributed by atoms with Crippen molar-refractivity contribution >= 4 is 33.2 Å². The topological polar surface area (TPSA) is 79.8 Å². The van der Waals surface area contributed by atoms with Crippen LogP contribution in [-0.2, 0) is 16.0 Å². The van der Waals surface area contributed by atoms with E-state index in [2.05, 4.69) is 4.98 Å². The van der Waals surface area contributed by atoms with Crippen LogP contribution in [0.15, 0.2) is 35.4 Å². The maximum Gasteiger partial charge on any atom is 0.422 e. The lowest BCUT2D eigenvalue weighted by Crippen LogP contribution is -2.49. The number of carbonyl (C=O) groups excluding carboxylic acids is 1. The molecule has 0 spiro atoms. The average molecular weight is 546 g/mol. The molecule has 0 atom stereocenters. The second-order valence-corrected chi connectivity index (χ2v) is 10.1. The maximum atomic E-state index is 13.1. The van der Waals surface area contributed by atoms with Gasteiger partial charge < -0.3 is 14.5 Å². The molecule has 0 N–H and O–H groups in total. The largest absolute Gasteiger partial charge is 0.483 e. The number of ether oxygens (including phenoxy) is 1. The lowest BCUT2D eigenvalue weighted by molar-refractivity contribution is -0.153. The van der Waals surface area contributed by atoms with E-state index in [4.69, 9.17) is 16.3 Å². The Morgan fingerprint density at radius 2 is 1.71 bits per heavy atom. The summed E-state index contributed by atoms with van der Waals surface area (Å²) in [5, 5.41) is -0.233. The fourth-order valence-corrected chi connectivity index (χ4v) is 4.24. The van der Waals surface area contributed by atoms with Gasteiger partial charge in [0.15, 0.2) is 16.4 Å². The number of aromatic nitrogens is 1. The molecule has 0 aliphatic carbocycles. The van der Waals surface area contributed by atoms with Crippen molar-refractivity contribution in [1.29, 1.82) is 0 Å². The molecule has 1 aliphatic heterocycles. The van der Waals surface area contributed by atoms with Gasteiger partial charge in [-0.05, 0) is 24.3 Å². The number of carbonyl (C=O) groups is 1. The van der Waals surface area contributed by atoms with E-state index in [1.54, 1.807) is 4.90 Å². The monoisotopic (exact) mass is 545 g/mol. The zero-order valence-corrected chi connectivity index (χ0v) is 19.5. The van der Waals surface area contributed by atoms with Crippen molar-refractivity contribution in [2.45, 2.75) is 17.2 Å². The Bertz CT molecular complexity index is 1210. The number of anilines is 1. The minimum Gasteiger partial charge on any atom is -0.483 e. The summed E-state index contributed by atoms with van der Waals surface area (Å²) in [4.78, 5) is 19.4. The Hall–Kier alpha value is -2.74. The molecule has 35 heavy (non-hydrogen) atoms. The second-order valence-electron chi connectivity index (χ2n) is 7.64. The fourth-order valence-electron chi connectivity index (χ4n) is 3.30. The second kappa shape index (κ2) is 9.72. The van der Waals surface area contributed by atoms with Gasteiger partial charge in [0, 0.05) is 38.6 Å². The van der Waals surface area contributed by atoms with E-state index in [9.17, 15) is 39.6 Å². The smallest absolute Gasteiger partial charge is 0.422 e. The normalized spacial score (nSPS) is 15.3. The van der Waals surface area contributed by atoms with Crippen molar-refractivity contribution in [1.82, 2.24) is 9.88 Å². The zero-order chi connectivity index (χ0) is 26.2. The Labute approximate surface area is 201 Å². The summed E-state index contributed by atoms with van der Waals surface area (Å²) in [6.07, 6.45) is -7.78. The molecule has 2 aromatic rings. The number of benzene rings is 1. The third-order valence-corrected chi connectivity index (χ3v) is 6.40. The molecule has 1 aromatic carbocycles. The first-order chi connectivity index (χ1) is 16.1. The minimum absolute atomic E-state index is 0.0136. The van der Waals surface area contributed by atoms with Gasteiger partial charge in [-0.1, -0.05) is 11.6 Å². The molecule has 0 bridgehead atoms. The van der Waals surface area contributed by atoms with Gasteiger partial charge in [-0.3, -0.25) is 4.79 Å². The van der Waals surface area contributed by atoms with E-state index in [1.165, 1.54) is 4.90 Å². The number of rotatable bonds is 5. The molecule has 3 rings (SSSR count). The van der Waals surface area contributed by atoms with E-state index in [-0.39, 0.29) is 47.5 Å². The van der Waals surface area contributed by atoms with Crippen LogP contribution in [0.25, 0.3) is 0 Å². The van der Waals surface area contributed by atoms with Crippen LogP contribution in [0.3, 0.4) is 0 Å². The van der Waals surface area contributed by atoms with E-state index in [1.807, 2.05) is 0 Å². The van der Waals surface area contributed by atoms with Gasteiger partial charge in [0.2, 0.25) is 0 Å². The van der Waals surface area contributed by atoms with Crippen molar-refractivity contribution < 1.29 is 44.3 Å². The quantitative estimate of drug-likeness (QED) is 0.527. The molecule has 1 fully saturated rings. The highest BCUT2D eigenvalue weighted by molar-refractivity contribution is 7.90. The van der Waals surface area contributed by atoms with Crippen LogP contribution in [-0.4, -0.2) is 69.4 Å². The Morgan fingerprint density at radius 1 is 1.09 bits per heavy atom. The third kappa shape index (κ3) is 6.69. The molecule has 0 saturated carbocycles. The average Bonchev–Trinajstić information content (AvgIpc) is 2.75. The highest BCUT2D eigenvalue weighted by Gasteiger charge is 2.33. The highest BCUT2D eigenvalue weighted by atomic mass is 35.5. The van der Waals surface area contributed by atoms with Crippen LogP contribution < -0.4 is 9.64 Å². The van der Waals surface area contributed by atoms with Crippen molar-refractivity contribution in [3.63, 3.8) is 0 Å². The zero-order valence-electron chi connectivity index (χ0n) is 18.0. The summed E-state index contributed by atoms with van der Waals surface area (Å²) in [7, 11) is -3.77. The Morgan fingerprint density at radius 3 is 2.23 bits per heavy atom. The predicted molar refractivity (Wildman–Crippen MR) is 113 cm³/mol. The first kappa shape index (κ1) is 26.9. The van der Waals surface area contributed by atoms with Crippen molar-refractivity contribution in [2.24, 2.45) is 0 Å². The van der Waals surface area contributed by atoms with Crippen LogP contribution in [0.1, 0.15) is 15.9 Å². The van der Waals surface area contributed by atoms with E-state index in [0.29, 0.717) is 6.20 Å². The maximum absolute atomic E-state index is 13.1. The summed E-state index contributed by atoms with van der Waals surface area (Å²) in [6, 6.07) is 3.71. The number of pyridine rings is 1. The first-order valence-electron chi connectivity index (χ1n) is 9.87. The molecule has 1 aromatic heterocycles.